The monoisotopic (exact) mass is 1030 g/mol. The summed E-state index contributed by atoms with van der Waals surface area (Å²) < 4.78 is 33.7. The van der Waals surface area contributed by atoms with Crippen LogP contribution in [-0.4, -0.2) is 142 Å². The number of aliphatic hydroxyl groups excluding tert-OH is 7. The Bertz CT molecular complexity index is 1300. The summed E-state index contributed by atoms with van der Waals surface area (Å²) in [5.41, 5.74) is 0. The molecule has 0 bridgehead atoms. The summed E-state index contributed by atoms with van der Waals surface area (Å²) in [6, 6.07) is 0. The summed E-state index contributed by atoms with van der Waals surface area (Å²) in [7, 11) is 0. The third-order valence-electron chi connectivity index (χ3n) is 14.2. The molecule has 7 N–H and O–H groups in total. The third-order valence-corrected chi connectivity index (χ3v) is 14.2. The van der Waals surface area contributed by atoms with Gasteiger partial charge < -0.3 is 64.2 Å². The number of ether oxygens (including phenoxy) is 6. The van der Waals surface area contributed by atoms with Crippen LogP contribution in [0.2, 0.25) is 0 Å². The highest BCUT2D eigenvalue weighted by Gasteiger charge is 2.47. The second kappa shape index (κ2) is 44.4. The van der Waals surface area contributed by atoms with Gasteiger partial charge in [0.2, 0.25) is 0 Å². The average Bonchev–Trinajstić information content (AvgIpc) is 3.37. The average molecular weight is 1030 g/mol. The molecule has 4 unspecified atom stereocenters. The number of unbranched alkanes of at least 4 members (excludes halogenated alkanes) is 31. The highest BCUT2D eigenvalue weighted by molar-refractivity contribution is 5.70. The van der Waals surface area contributed by atoms with Gasteiger partial charge in [-0.05, 0) is 38.5 Å². The van der Waals surface area contributed by atoms with E-state index in [1.165, 1.54) is 161 Å². The Balaban J connectivity index is 1.74. The topological polar surface area (TPSA) is 231 Å². The summed E-state index contributed by atoms with van der Waals surface area (Å²) >= 11 is 0. The fourth-order valence-corrected chi connectivity index (χ4v) is 9.45. The van der Waals surface area contributed by atoms with Gasteiger partial charge in [0.15, 0.2) is 18.7 Å². The molecular formula is C57H106O15. The van der Waals surface area contributed by atoms with Crippen molar-refractivity contribution in [2.75, 3.05) is 26.4 Å². The van der Waals surface area contributed by atoms with Gasteiger partial charge >= 0.3 is 11.9 Å². The zero-order valence-corrected chi connectivity index (χ0v) is 45.2. The molecule has 0 amide bonds. The second-order valence-electron chi connectivity index (χ2n) is 20.8. The number of carbonyl (C=O) groups is 2. The zero-order chi connectivity index (χ0) is 52.4. The van der Waals surface area contributed by atoms with E-state index in [-0.39, 0.29) is 26.1 Å². The summed E-state index contributed by atoms with van der Waals surface area (Å²) in [4.78, 5) is 25.9. The van der Waals surface area contributed by atoms with Crippen molar-refractivity contribution in [3.8, 4) is 0 Å². The predicted octanol–water partition coefficient (Wildman–Crippen LogP) is 9.72. The predicted molar refractivity (Wildman–Crippen MR) is 280 cm³/mol. The van der Waals surface area contributed by atoms with E-state index < -0.39 is 92.7 Å². The van der Waals surface area contributed by atoms with Crippen LogP contribution < -0.4 is 0 Å². The van der Waals surface area contributed by atoms with Gasteiger partial charge in [-0.2, -0.15) is 0 Å². The molecule has 15 nitrogen and oxygen atoms in total. The van der Waals surface area contributed by atoms with Crippen LogP contribution in [0, 0.1) is 0 Å². The molecular weight excluding hydrogens is 925 g/mol. The highest BCUT2D eigenvalue weighted by Crippen LogP contribution is 2.27. The quantitative estimate of drug-likeness (QED) is 0.0171. The van der Waals surface area contributed by atoms with E-state index in [2.05, 4.69) is 26.0 Å². The van der Waals surface area contributed by atoms with Gasteiger partial charge in [-0.3, -0.25) is 9.59 Å². The van der Waals surface area contributed by atoms with Gasteiger partial charge in [0.1, 0.15) is 55.4 Å². The lowest BCUT2D eigenvalue weighted by molar-refractivity contribution is -0.332. The van der Waals surface area contributed by atoms with Gasteiger partial charge in [0.25, 0.3) is 0 Å². The number of carbonyl (C=O) groups excluding carboxylic acids is 2. The number of esters is 2. The standard InChI is InChI=1S/C57H106O15/c1-3-5-7-9-11-13-15-17-19-20-21-22-23-24-26-28-30-32-34-36-38-40-49(60)70-45(42-67-48(59)39-37-35-33-31-29-27-25-18-16-14-12-10-8-6-4-2)43-68-56-55(66)53(64)51(62)47(72-56)44-69-57-54(65)52(63)50(61)46(41-58)71-57/h14,16,45-47,50-58,61-66H,3-13,15,17-44H2,1-2H3/b16-14+/t45-,46+,47+,50-,51-,52?,53?,54?,55?,56+,57+/m1/s1. The van der Waals surface area contributed by atoms with Crippen molar-refractivity contribution >= 4 is 11.9 Å². The molecule has 11 atom stereocenters. The van der Waals surface area contributed by atoms with Crippen molar-refractivity contribution in [1.82, 2.24) is 0 Å². The Hall–Kier alpha value is -1.76. The molecule has 0 aliphatic carbocycles. The summed E-state index contributed by atoms with van der Waals surface area (Å²) in [6.45, 7) is 2.62. The lowest BCUT2D eigenvalue weighted by atomic mass is 9.98. The van der Waals surface area contributed by atoms with E-state index in [1.54, 1.807) is 0 Å². The van der Waals surface area contributed by atoms with Crippen molar-refractivity contribution in [3.05, 3.63) is 12.2 Å². The van der Waals surface area contributed by atoms with Gasteiger partial charge in [-0.25, -0.2) is 0 Å². The molecule has 0 aromatic carbocycles. The molecule has 0 aromatic heterocycles. The maximum atomic E-state index is 13.1. The fourth-order valence-electron chi connectivity index (χ4n) is 9.45. The molecule has 0 saturated carbocycles. The van der Waals surface area contributed by atoms with E-state index in [0.29, 0.717) is 12.8 Å². The lowest BCUT2D eigenvalue weighted by Gasteiger charge is -2.42. The first-order chi connectivity index (χ1) is 35.0. The molecule has 2 heterocycles. The van der Waals surface area contributed by atoms with Crippen molar-refractivity contribution in [2.24, 2.45) is 0 Å². The third kappa shape index (κ3) is 31.3. The first kappa shape index (κ1) is 66.4. The van der Waals surface area contributed by atoms with E-state index in [0.717, 1.165) is 44.9 Å². The van der Waals surface area contributed by atoms with E-state index >= 15 is 0 Å². The van der Waals surface area contributed by atoms with Crippen molar-refractivity contribution in [1.29, 1.82) is 0 Å². The van der Waals surface area contributed by atoms with E-state index in [1.807, 2.05) is 0 Å². The highest BCUT2D eigenvalue weighted by atomic mass is 16.7. The largest absolute Gasteiger partial charge is 0.462 e. The summed E-state index contributed by atoms with van der Waals surface area (Å²) in [5.74, 6) is -0.915. The van der Waals surface area contributed by atoms with Crippen molar-refractivity contribution < 1.29 is 73.8 Å². The molecule has 2 rings (SSSR count). The molecule has 15 heteroatoms. The maximum absolute atomic E-state index is 13.1. The molecule has 2 fully saturated rings. The maximum Gasteiger partial charge on any atom is 0.306 e. The zero-order valence-electron chi connectivity index (χ0n) is 45.2. The lowest BCUT2D eigenvalue weighted by Crippen LogP contribution is -2.61. The molecule has 424 valence electrons. The minimum Gasteiger partial charge on any atom is -0.462 e. The van der Waals surface area contributed by atoms with Gasteiger partial charge in [-0.15, -0.1) is 0 Å². The number of hydrogen-bond donors (Lipinski definition) is 7. The summed E-state index contributed by atoms with van der Waals surface area (Å²) in [6.07, 6.45) is 29.5. The molecule has 2 aliphatic rings. The smallest absolute Gasteiger partial charge is 0.306 e. The second-order valence-corrected chi connectivity index (χ2v) is 20.8. The molecule has 0 spiro atoms. The van der Waals surface area contributed by atoms with Gasteiger partial charge in [0, 0.05) is 12.8 Å². The van der Waals surface area contributed by atoms with Crippen LogP contribution in [0.4, 0.5) is 0 Å². The number of allylic oxidation sites excluding steroid dienone is 2. The molecule has 2 aliphatic heterocycles. The van der Waals surface area contributed by atoms with Crippen LogP contribution in [0.15, 0.2) is 12.2 Å². The normalized spacial score (nSPS) is 25.0. The van der Waals surface area contributed by atoms with Gasteiger partial charge in [-0.1, -0.05) is 206 Å². The van der Waals surface area contributed by atoms with E-state index in [9.17, 15) is 45.3 Å². The Labute approximate surface area is 435 Å². The first-order valence-electron chi connectivity index (χ1n) is 29.3. The SMILES string of the molecule is CCCCCC/C=C/CCCCCCCCCC(=O)OC[C@H](CO[C@H]1O[C@@H](CO[C@H]2O[C@@H](CO)[C@@H](O)C(O)C2O)[C@@H](O)C(O)C1O)OC(=O)CCCCCCCCCCCCCCCCCCCCCCC. The van der Waals surface area contributed by atoms with Crippen molar-refractivity contribution in [3.63, 3.8) is 0 Å². The number of aliphatic hydroxyl groups is 7. The van der Waals surface area contributed by atoms with Gasteiger partial charge in [0.05, 0.1) is 19.8 Å². The molecule has 0 aromatic rings. The Morgan fingerprint density at radius 2 is 0.792 bits per heavy atom. The molecule has 0 radical (unpaired) electrons. The first-order valence-corrected chi connectivity index (χ1v) is 29.3. The fraction of sp³-hybridized carbons (Fsp3) is 0.930. The van der Waals surface area contributed by atoms with Crippen molar-refractivity contribution in [2.45, 2.75) is 313 Å². The minimum atomic E-state index is -1.76. The van der Waals surface area contributed by atoms with E-state index in [4.69, 9.17) is 28.4 Å². The molecule has 2 saturated heterocycles. The summed E-state index contributed by atoms with van der Waals surface area (Å²) in [5, 5.41) is 72.3. The van der Waals surface area contributed by atoms with Crippen LogP contribution in [-0.2, 0) is 38.0 Å². The minimum absolute atomic E-state index is 0.171. The Morgan fingerprint density at radius 3 is 1.24 bits per heavy atom. The van der Waals surface area contributed by atoms with Crippen LogP contribution in [0.3, 0.4) is 0 Å². The van der Waals surface area contributed by atoms with Crippen LogP contribution in [0.1, 0.15) is 245 Å². The molecule has 72 heavy (non-hydrogen) atoms. The Kier molecular flexibility index (Phi) is 40.9. The number of hydrogen-bond acceptors (Lipinski definition) is 15. The van der Waals surface area contributed by atoms with Crippen LogP contribution in [0.25, 0.3) is 0 Å². The van der Waals surface area contributed by atoms with Crippen LogP contribution >= 0.6 is 0 Å². The van der Waals surface area contributed by atoms with Crippen LogP contribution in [0.5, 0.6) is 0 Å². The Morgan fingerprint density at radius 1 is 0.431 bits per heavy atom. The number of rotatable bonds is 47.